The number of rotatable bonds is 3. The van der Waals surface area contributed by atoms with Crippen molar-refractivity contribution in [3.05, 3.63) is 71.8 Å². The van der Waals surface area contributed by atoms with Crippen LogP contribution in [0.25, 0.3) is 10.8 Å². The second-order valence-electron chi connectivity index (χ2n) is 4.96. The molecule has 0 bridgehead atoms. The van der Waals surface area contributed by atoms with Crippen molar-refractivity contribution in [1.82, 2.24) is 0 Å². The van der Waals surface area contributed by atoms with E-state index >= 15 is 0 Å². The Hall–Kier alpha value is -3.32. The summed E-state index contributed by atoms with van der Waals surface area (Å²) >= 11 is 0. The molecule has 0 spiro atoms. The summed E-state index contributed by atoms with van der Waals surface area (Å²) in [6, 6.07) is 19.5. The molecule has 3 rings (SSSR count). The lowest BCUT2D eigenvalue weighted by Crippen LogP contribution is -2.08. The molecule has 0 aliphatic rings. The van der Waals surface area contributed by atoms with E-state index in [1.54, 1.807) is 37.4 Å². The van der Waals surface area contributed by atoms with Gasteiger partial charge in [0.05, 0.1) is 24.3 Å². The minimum atomic E-state index is -0.496. The molecule has 0 atom stereocenters. The number of nitrogens with zero attached hydrogens (tertiary/aromatic N) is 1. The van der Waals surface area contributed by atoms with Crippen LogP contribution in [0.2, 0.25) is 0 Å². The van der Waals surface area contributed by atoms with Gasteiger partial charge in [-0.2, -0.15) is 5.26 Å². The van der Waals surface area contributed by atoms with E-state index < -0.39 is 5.97 Å². The second kappa shape index (κ2) is 6.20. The summed E-state index contributed by atoms with van der Waals surface area (Å²) in [5.41, 5.74) is 0.762. The predicted molar refractivity (Wildman–Crippen MR) is 86.6 cm³/mol. The molecule has 4 heteroatoms. The third kappa shape index (κ3) is 3.14. The molecular weight excluding hydrogens is 290 g/mol. The highest BCUT2D eigenvalue weighted by molar-refractivity contribution is 5.92. The SMILES string of the molecule is COc1ccc2ccc(OC(=O)c3cccc(C#N)c3)cc2c1. The highest BCUT2D eigenvalue weighted by Gasteiger charge is 2.10. The van der Waals surface area contributed by atoms with Crippen LogP contribution in [0.15, 0.2) is 60.7 Å². The standard InChI is InChI=1S/C19H13NO3/c1-22-17-7-5-14-6-8-18(11-16(14)10-17)23-19(21)15-4-2-3-13(9-15)12-20/h2-11H,1H3. The van der Waals surface area contributed by atoms with Crippen LogP contribution in [0.5, 0.6) is 11.5 Å². The Morgan fingerprint density at radius 3 is 2.43 bits per heavy atom. The average molecular weight is 303 g/mol. The van der Waals surface area contributed by atoms with Crippen molar-refractivity contribution >= 4 is 16.7 Å². The van der Waals surface area contributed by atoms with E-state index in [9.17, 15) is 4.79 Å². The van der Waals surface area contributed by atoms with E-state index in [0.29, 0.717) is 16.9 Å². The lowest BCUT2D eigenvalue weighted by molar-refractivity contribution is 0.0735. The second-order valence-corrected chi connectivity index (χ2v) is 4.96. The molecule has 0 unspecified atom stereocenters. The number of nitriles is 1. The van der Waals surface area contributed by atoms with Crippen molar-refractivity contribution in [3.63, 3.8) is 0 Å². The number of fused-ring (bicyclic) bond motifs is 1. The molecule has 0 saturated carbocycles. The first-order valence-electron chi connectivity index (χ1n) is 7.00. The van der Waals surface area contributed by atoms with Crippen molar-refractivity contribution in [1.29, 1.82) is 5.26 Å². The third-order valence-corrected chi connectivity index (χ3v) is 3.46. The monoisotopic (exact) mass is 303 g/mol. The number of hydrogen-bond donors (Lipinski definition) is 0. The van der Waals surface area contributed by atoms with Gasteiger partial charge in [0.15, 0.2) is 0 Å². The molecule has 0 radical (unpaired) electrons. The average Bonchev–Trinajstić information content (AvgIpc) is 2.61. The van der Waals surface area contributed by atoms with Gasteiger partial charge in [0.25, 0.3) is 0 Å². The number of carbonyl (C=O) groups excluding carboxylic acids is 1. The third-order valence-electron chi connectivity index (χ3n) is 3.46. The van der Waals surface area contributed by atoms with E-state index in [1.165, 1.54) is 6.07 Å². The lowest BCUT2D eigenvalue weighted by Gasteiger charge is -2.07. The summed E-state index contributed by atoms with van der Waals surface area (Å²) in [5.74, 6) is 0.685. The maximum Gasteiger partial charge on any atom is 0.343 e. The van der Waals surface area contributed by atoms with Crippen LogP contribution in [-0.4, -0.2) is 13.1 Å². The topological polar surface area (TPSA) is 59.3 Å². The van der Waals surface area contributed by atoms with Crippen LogP contribution in [0.1, 0.15) is 15.9 Å². The zero-order chi connectivity index (χ0) is 16.2. The Labute approximate surface area is 133 Å². The van der Waals surface area contributed by atoms with Crippen molar-refractivity contribution in [3.8, 4) is 17.6 Å². The van der Waals surface area contributed by atoms with Crippen LogP contribution in [0.3, 0.4) is 0 Å². The molecule has 0 aliphatic heterocycles. The van der Waals surface area contributed by atoms with Crippen LogP contribution in [0, 0.1) is 11.3 Å². The smallest absolute Gasteiger partial charge is 0.343 e. The Morgan fingerprint density at radius 2 is 1.70 bits per heavy atom. The van der Waals surface area contributed by atoms with Gasteiger partial charge in [0, 0.05) is 0 Å². The van der Waals surface area contributed by atoms with E-state index in [2.05, 4.69) is 0 Å². The zero-order valence-electron chi connectivity index (χ0n) is 12.4. The van der Waals surface area contributed by atoms with Crippen LogP contribution in [-0.2, 0) is 0 Å². The van der Waals surface area contributed by atoms with E-state index in [0.717, 1.165) is 16.5 Å². The molecule has 23 heavy (non-hydrogen) atoms. The molecule has 0 aromatic heterocycles. The maximum atomic E-state index is 12.2. The maximum absolute atomic E-state index is 12.2. The highest BCUT2D eigenvalue weighted by atomic mass is 16.5. The molecule has 0 fully saturated rings. The number of methoxy groups -OCH3 is 1. The van der Waals surface area contributed by atoms with Gasteiger partial charge in [0.1, 0.15) is 11.5 Å². The number of hydrogen-bond acceptors (Lipinski definition) is 4. The van der Waals surface area contributed by atoms with Crippen LogP contribution in [0.4, 0.5) is 0 Å². The van der Waals surface area contributed by atoms with E-state index in [-0.39, 0.29) is 0 Å². The van der Waals surface area contributed by atoms with Gasteiger partial charge in [-0.15, -0.1) is 0 Å². The number of carbonyl (C=O) groups is 1. The molecule has 3 aromatic rings. The van der Waals surface area contributed by atoms with Crippen molar-refractivity contribution in [2.45, 2.75) is 0 Å². The quantitative estimate of drug-likeness (QED) is 0.543. The summed E-state index contributed by atoms with van der Waals surface area (Å²) in [4.78, 5) is 12.2. The minimum absolute atomic E-state index is 0.342. The van der Waals surface area contributed by atoms with Crippen molar-refractivity contribution < 1.29 is 14.3 Å². The molecule has 112 valence electrons. The predicted octanol–water partition coefficient (Wildman–Crippen LogP) is 3.94. The molecule has 4 nitrogen and oxygen atoms in total. The van der Waals surface area contributed by atoms with E-state index in [1.807, 2.05) is 30.3 Å². The van der Waals surface area contributed by atoms with Gasteiger partial charge in [-0.25, -0.2) is 4.79 Å². The van der Waals surface area contributed by atoms with Gasteiger partial charge in [-0.3, -0.25) is 0 Å². The fourth-order valence-corrected chi connectivity index (χ4v) is 2.28. The fraction of sp³-hybridized carbons (Fsp3) is 0.0526. The van der Waals surface area contributed by atoms with E-state index in [4.69, 9.17) is 14.7 Å². The Kier molecular flexibility index (Phi) is 3.94. The molecule has 0 aliphatic carbocycles. The Morgan fingerprint density at radius 1 is 0.957 bits per heavy atom. The van der Waals surface area contributed by atoms with Gasteiger partial charge in [-0.05, 0) is 53.2 Å². The van der Waals surface area contributed by atoms with Gasteiger partial charge >= 0.3 is 5.97 Å². The normalized spacial score (nSPS) is 10.1. The first-order valence-corrected chi connectivity index (χ1v) is 7.00. The molecule has 0 saturated heterocycles. The van der Waals surface area contributed by atoms with Gasteiger partial charge in [-0.1, -0.05) is 18.2 Å². The van der Waals surface area contributed by atoms with Gasteiger partial charge < -0.3 is 9.47 Å². The summed E-state index contributed by atoms with van der Waals surface area (Å²) in [6.07, 6.45) is 0. The summed E-state index contributed by atoms with van der Waals surface area (Å²) < 4.78 is 10.6. The first-order chi connectivity index (χ1) is 11.2. The highest BCUT2D eigenvalue weighted by Crippen LogP contribution is 2.25. The summed E-state index contributed by atoms with van der Waals surface area (Å²) in [5, 5.41) is 10.8. The Balaban J connectivity index is 1.88. The van der Waals surface area contributed by atoms with Crippen LogP contribution >= 0.6 is 0 Å². The summed E-state index contributed by atoms with van der Waals surface area (Å²) in [6.45, 7) is 0. The first kappa shape index (κ1) is 14.6. The lowest BCUT2D eigenvalue weighted by atomic mass is 10.1. The number of ether oxygens (including phenoxy) is 2. The molecule has 3 aromatic carbocycles. The molecule has 0 amide bonds. The minimum Gasteiger partial charge on any atom is -0.497 e. The van der Waals surface area contributed by atoms with Gasteiger partial charge in [0.2, 0.25) is 0 Å². The number of esters is 1. The fourth-order valence-electron chi connectivity index (χ4n) is 2.28. The van der Waals surface area contributed by atoms with Crippen LogP contribution < -0.4 is 9.47 Å². The Bertz CT molecular complexity index is 925. The molecule has 0 N–H and O–H groups in total. The van der Waals surface area contributed by atoms with Crippen molar-refractivity contribution in [2.75, 3.05) is 7.11 Å². The number of benzene rings is 3. The largest absolute Gasteiger partial charge is 0.497 e. The zero-order valence-corrected chi connectivity index (χ0v) is 12.4. The van der Waals surface area contributed by atoms with Crippen molar-refractivity contribution in [2.24, 2.45) is 0 Å². The summed E-state index contributed by atoms with van der Waals surface area (Å²) in [7, 11) is 1.60. The molecular formula is C19H13NO3. The molecule has 0 heterocycles.